The maximum Gasteiger partial charge on any atom is 0.338 e. The third-order valence-corrected chi connectivity index (χ3v) is 6.91. The van der Waals surface area contributed by atoms with Crippen LogP contribution >= 0.6 is 0 Å². The van der Waals surface area contributed by atoms with E-state index in [1.165, 1.54) is 35.5 Å². The summed E-state index contributed by atoms with van der Waals surface area (Å²) < 4.78 is 37.1. The van der Waals surface area contributed by atoms with Gasteiger partial charge < -0.3 is 9.47 Å². The summed E-state index contributed by atoms with van der Waals surface area (Å²) >= 11 is 0. The number of benzene rings is 2. The van der Waals surface area contributed by atoms with Gasteiger partial charge in [-0.1, -0.05) is 31.2 Å². The second kappa shape index (κ2) is 9.51. The molecule has 1 unspecified atom stereocenters. The maximum absolute atomic E-state index is 12.6. The van der Waals surface area contributed by atoms with Crippen LogP contribution in [0.4, 0.5) is 0 Å². The summed E-state index contributed by atoms with van der Waals surface area (Å²) in [5, 5.41) is 0. The quantitative estimate of drug-likeness (QED) is 0.495. The largest absolute Gasteiger partial charge is 0.451 e. The van der Waals surface area contributed by atoms with Gasteiger partial charge in [-0.2, -0.15) is 4.31 Å². The zero-order valence-electron chi connectivity index (χ0n) is 17.0. The lowest BCUT2D eigenvalue weighted by Crippen LogP contribution is -2.40. The highest BCUT2D eigenvalue weighted by molar-refractivity contribution is 7.89. The summed E-state index contributed by atoms with van der Waals surface area (Å²) in [6.45, 7) is 4.85. The molecular weight excluding hydrogens is 406 g/mol. The summed E-state index contributed by atoms with van der Waals surface area (Å²) in [5.74, 6) is -0.978. The first-order valence-corrected chi connectivity index (χ1v) is 11.3. The fourth-order valence-corrected chi connectivity index (χ4v) is 4.53. The number of esters is 1. The first kappa shape index (κ1) is 22.1. The van der Waals surface area contributed by atoms with Crippen LogP contribution in [0.15, 0.2) is 53.4 Å². The molecule has 160 valence electrons. The minimum absolute atomic E-state index is 0.0982. The molecule has 1 atom stereocenters. The predicted octanol–water partition coefficient (Wildman–Crippen LogP) is 2.70. The van der Waals surface area contributed by atoms with Gasteiger partial charge in [0.2, 0.25) is 15.8 Å². The van der Waals surface area contributed by atoms with Crippen LogP contribution in [-0.4, -0.2) is 56.9 Å². The van der Waals surface area contributed by atoms with Gasteiger partial charge in [0.15, 0.2) is 6.10 Å². The Kier molecular flexibility index (Phi) is 7.02. The van der Waals surface area contributed by atoms with Crippen molar-refractivity contribution in [1.82, 2.24) is 4.31 Å². The van der Waals surface area contributed by atoms with Gasteiger partial charge in [0.25, 0.3) is 0 Å². The number of sulfonamides is 1. The van der Waals surface area contributed by atoms with E-state index in [2.05, 4.69) is 0 Å². The van der Waals surface area contributed by atoms with Crippen LogP contribution in [0, 0.1) is 0 Å². The Morgan fingerprint density at radius 3 is 2.13 bits per heavy atom. The van der Waals surface area contributed by atoms with Crippen LogP contribution < -0.4 is 0 Å². The number of ether oxygens (including phenoxy) is 2. The molecule has 3 rings (SSSR count). The molecule has 0 amide bonds. The Hall–Kier alpha value is -2.55. The molecule has 0 saturated carbocycles. The minimum atomic E-state index is -3.64. The topological polar surface area (TPSA) is 90.0 Å². The molecule has 0 radical (unpaired) electrons. The van der Waals surface area contributed by atoms with E-state index in [0.29, 0.717) is 31.9 Å². The molecule has 1 saturated heterocycles. The zero-order chi connectivity index (χ0) is 21.7. The van der Waals surface area contributed by atoms with E-state index in [1.54, 1.807) is 12.1 Å². The SMILES string of the molecule is CCc1ccc(C(=O)C(C)OC(=O)c2ccc(S(=O)(=O)N3CCOCC3)cc2)cc1. The minimum Gasteiger partial charge on any atom is -0.451 e. The Bertz CT molecular complexity index is 993. The van der Waals surface area contributed by atoms with Crippen molar-refractivity contribution >= 4 is 21.8 Å². The molecule has 2 aromatic rings. The van der Waals surface area contributed by atoms with Crippen LogP contribution in [0.3, 0.4) is 0 Å². The summed E-state index contributed by atoms with van der Waals surface area (Å²) in [6, 6.07) is 12.7. The number of Topliss-reactive ketones (excluding diaryl/α,β-unsaturated/α-hetero) is 1. The molecule has 1 heterocycles. The third-order valence-electron chi connectivity index (χ3n) is 5.00. The van der Waals surface area contributed by atoms with Crippen molar-refractivity contribution in [2.75, 3.05) is 26.3 Å². The number of morpholine rings is 1. The Balaban J connectivity index is 1.65. The second-order valence-corrected chi connectivity index (χ2v) is 8.94. The van der Waals surface area contributed by atoms with Gasteiger partial charge in [-0.15, -0.1) is 0 Å². The smallest absolute Gasteiger partial charge is 0.338 e. The van der Waals surface area contributed by atoms with Crippen molar-refractivity contribution in [3.63, 3.8) is 0 Å². The lowest BCUT2D eigenvalue weighted by molar-refractivity contribution is 0.0318. The van der Waals surface area contributed by atoms with Gasteiger partial charge in [-0.3, -0.25) is 4.79 Å². The molecule has 7 nitrogen and oxygen atoms in total. The lowest BCUT2D eigenvalue weighted by Gasteiger charge is -2.26. The number of carbonyl (C=O) groups is 2. The van der Waals surface area contributed by atoms with Gasteiger partial charge in [-0.05, 0) is 43.2 Å². The number of hydrogen-bond acceptors (Lipinski definition) is 6. The molecule has 1 aliphatic heterocycles. The van der Waals surface area contributed by atoms with Crippen molar-refractivity contribution in [3.05, 3.63) is 65.2 Å². The van der Waals surface area contributed by atoms with Crippen LogP contribution in [0.1, 0.15) is 40.1 Å². The molecule has 0 spiro atoms. The van der Waals surface area contributed by atoms with E-state index in [9.17, 15) is 18.0 Å². The van der Waals surface area contributed by atoms with E-state index < -0.39 is 22.1 Å². The van der Waals surface area contributed by atoms with Crippen LogP contribution in [0.5, 0.6) is 0 Å². The van der Waals surface area contributed by atoms with E-state index in [4.69, 9.17) is 9.47 Å². The van der Waals surface area contributed by atoms with E-state index >= 15 is 0 Å². The highest BCUT2D eigenvalue weighted by Gasteiger charge is 2.27. The maximum atomic E-state index is 12.6. The Morgan fingerprint density at radius 2 is 1.57 bits per heavy atom. The van der Waals surface area contributed by atoms with Crippen LogP contribution in [-0.2, 0) is 25.9 Å². The number of aryl methyl sites for hydroxylation is 1. The first-order chi connectivity index (χ1) is 14.3. The molecular formula is C22H25NO6S. The molecule has 1 fully saturated rings. The van der Waals surface area contributed by atoms with Crippen molar-refractivity contribution < 1.29 is 27.5 Å². The number of rotatable bonds is 7. The number of ketones is 1. The summed E-state index contributed by atoms with van der Waals surface area (Å²) in [4.78, 5) is 25.0. The predicted molar refractivity (Wildman–Crippen MR) is 111 cm³/mol. The van der Waals surface area contributed by atoms with Crippen LogP contribution in [0.25, 0.3) is 0 Å². The summed E-state index contributed by atoms with van der Waals surface area (Å²) in [6.07, 6.45) is -0.0854. The van der Waals surface area contributed by atoms with E-state index in [1.807, 2.05) is 19.1 Å². The molecule has 0 bridgehead atoms. The fourth-order valence-electron chi connectivity index (χ4n) is 3.12. The molecule has 0 N–H and O–H groups in total. The van der Waals surface area contributed by atoms with Gasteiger partial charge in [0, 0.05) is 18.7 Å². The molecule has 0 aromatic heterocycles. The summed E-state index contributed by atoms with van der Waals surface area (Å²) in [5.41, 5.74) is 1.76. The van der Waals surface area contributed by atoms with Crippen molar-refractivity contribution in [2.24, 2.45) is 0 Å². The average Bonchev–Trinajstić information content (AvgIpc) is 2.79. The summed E-state index contributed by atoms with van der Waals surface area (Å²) in [7, 11) is -3.64. The number of hydrogen-bond donors (Lipinski definition) is 0. The third kappa shape index (κ3) is 4.95. The lowest BCUT2D eigenvalue weighted by atomic mass is 10.0. The highest BCUT2D eigenvalue weighted by Crippen LogP contribution is 2.19. The van der Waals surface area contributed by atoms with Gasteiger partial charge in [0.05, 0.1) is 23.7 Å². The van der Waals surface area contributed by atoms with Crippen molar-refractivity contribution in [2.45, 2.75) is 31.3 Å². The Labute approximate surface area is 176 Å². The van der Waals surface area contributed by atoms with Gasteiger partial charge in [0.1, 0.15) is 0 Å². The van der Waals surface area contributed by atoms with E-state index in [-0.39, 0.29) is 16.2 Å². The van der Waals surface area contributed by atoms with Gasteiger partial charge >= 0.3 is 5.97 Å². The standard InChI is InChI=1S/C22H25NO6S/c1-3-17-4-6-18(7-5-17)21(24)16(2)29-22(25)19-8-10-20(11-9-19)30(26,27)23-12-14-28-15-13-23/h4-11,16H,3,12-15H2,1-2H3. The number of nitrogens with zero attached hydrogens (tertiary/aromatic N) is 1. The van der Waals surface area contributed by atoms with E-state index in [0.717, 1.165) is 12.0 Å². The monoisotopic (exact) mass is 431 g/mol. The van der Waals surface area contributed by atoms with Gasteiger partial charge in [-0.25, -0.2) is 13.2 Å². The zero-order valence-corrected chi connectivity index (χ0v) is 17.9. The molecule has 2 aromatic carbocycles. The molecule has 0 aliphatic carbocycles. The highest BCUT2D eigenvalue weighted by atomic mass is 32.2. The second-order valence-electron chi connectivity index (χ2n) is 7.00. The van der Waals surface area contributed by atoms with Crippen molar-refractivity contribution in [3.8, 4) is 0 Å². The average molecular weight is 432 g/mol. The van der Waals surface area contributed by atoms with Crippen LogP contribution in [0.2, 0.25) is 0 Å². The molecule has 8 heteroatoms. The Morgan fingerprint density at radius 1 is 1.00 bits per heavy atom. The van der Waals surface area contributed by atoms with Crippen molar-refractivity contribution in [1.29, 1.82) is 0 Å². The molecule has 30 heavy (non-hydrogen) atoms. The normalized spacial score (nSPS) is 16.1. The number of carbonyl (C=O) groups excluding carboxylic acids is 2. The molecule has 1 aliphatic rings. The fraction of sp³-hybridized carbons (Fsp3) is 0.364. The first-order valence-electron chi connectivity index (χ1n) is 9.85.